The summed E-state index contributed by atoms with van der Waals surface area (Å²) >= 11 is 11.6. The van der Waals surface area contributed by atoms with Gasteiger partial charge in [0.1, 0.15) is 4.90 Å². The van der Waals surface area contributed by atoms with Crippen LogP contribution in [0, 0.1) is 0 Å². The maximum Gasteiger partial charge on any atom is 0.337 e. The number of hydrogen-bond donors (Lipinski definition) is 2. The van der Waals surface area contributed by atoms with Crippen molar-refractivity contribution in [3.8, 4) is 0 Å². The number of sulfonamides is 1. The van der Waals surface area contributed by atoms with Gasteiger partial charge in [-0.25, -0.2) is 17.9 Å². The van der Waals surface area contributed by atoms with E-state index in [2.05, 4.69) is 4.72 Å². The number of carboxylic acid groups (broad SMARTS) is 1. The van der Waals surface area contributed by atoms with Crippen molar-refractivity contribution in [2.75, 3.05) is 13.7 Å². The lowest BCUT2D eigenvalue weighted by molar-refractivity contribution is 0.0697. The van der Waals surface area contributed by atoms with Crippen molar-refractivity contribution in [1.82, 2.24) is 4.72 Å². The Morgan fingerprint density at radius 3 is 2.55 bits per heavy atom. The minimum atomic E-state index is -4.00. The number of benzene rings is 1. The Labute approximate surface area is 126 Å². The Balaban J connectivity index is 3.28. The third-order valence-electron chi connectivity index (χ3n) is 2.30. The standard InChI is InChI=1S/C11H13Cl2NO5S/c1-6(5-19-2)14-20(17,18)9-4-7(12)3-8(10(9)13)11(15)16/h3-4,6,14H,5H2,1-2H3,(H,15,16). The molecule has 112 valence electrons. The minimum Gasteiger partial charge on any atom is -0.478 e. The third kappa shape index (κ3) is 4.07. The summed E-state index contributed by atoms with van der Waals surface area (Å²) in [7, 11) is -2.57. The van der Waals surface area contributed by atoms with Crippen LogP contribution in [0.3, 0.4) is 0 Å². The molecular formula is C11H13Cl2NO5S. The van der Waals surface area contributed by atoms with E-state index in [0.717, 1.165) is 12.1 Å². The van der Waals surface area contributed by atoms with E-state index in [0.29, 0.717) is 0 Å². The first kappa shape index (κ1) is 17.2. The average molecular weight is 342 g/mol. The van der Waals surface area contributed by atoms with E-state index >= 15 is 0 Å². The van der Waals surface area contributed by atoms with Crippen LogP contribution in [0.15, 0.2) is 17.0 Å². The lowest BCUT2D eigenvalue weighted by Crippen LogP contribution is -2.35. The first-order valence-corrected chi connectivity index (χ1v) is 7.66. The van der Waals surface area contributed by atoms with Crippen LogP contribution in [0.2, 0.25) is 10.0 Å². The van der Waals surface area contributed by atoms with E-state index < -0.39 is 22.0 Å². The number of carbonyl (C=O) groups is 1. The molecule has 1 aromatic rings. The van der Waals surface area contributed by atoms with Gasteiger partial charge in [0, 0.05) is 18.2 Å². The molecule has 9 heteroatoms. The number of ether oxygens (including phenoxy) is 1. The summed E-state index contributed by atoms with van der Waals surface area (Å²) in [6.07, 6.45) is 0. The number of methoxy groups -OCH3 is 1. The lowest BCUT2D eigenvalue weighted by Gasteiger charge is -2.15. The predicted octanol–water partition coefficient (Wildman–Crippen LogP) is 2.00. The molecule has 0 radical (unpaired) electrons. The number of halogens is 2. The molecule has 0 saturated carbocycles. The monoisotopic (exact) mass is 341 g/mol. The van der Waals surface area contributed by atoms with Crippen molar-refractivity contribution >= 4 is 39.2 Å². The summed E-state index contributed by atoms with van der Waals surface area (Å²) in [6.45, 7) is 1.75. The summed E-state index contributed by atoms with van der Waals surface area (Å²) in [6, 6.07) is 1.68. The van der Waals surface area contributed by atoms with Crippen LogP contribution in [-0.4, -0.2) is 39.3 Å². The molecule has 0 aliphatic carbocycles. The smallest absolute Gasteiger partial charge is 0.337 e. The van der Waals surface area contributed by atoms with Crippen molar-refractivity contribution in [1.29, 1.82) is 0 Å². The second-order valence-electron chi connectivity index (χ2n) is 4.05. The topological polar surface area (TPSA) is 92.7 Å². The molecule has 0 aromatic heterocycles. The first-order chi connectivity index (χ1) is 9.19. The Bertz CT molecular complexity index is 617. The maximum absolute atomic E-state index is 12.2. The highest BCUT2D eigenvalue weighted by molar-refractivity contribution is 7.89. The number of aromatic carboxylic acids is 1. The fraction of sp³-hybridized carbons (Fsp3) is 0.364. The van der Waals surface area contributed by atoms with Gasteiger partial charge in [-0.3, -0.25) is 0 Å². The van der Waals surface area contributed by atoms with E-state index in [1.807, 2.05) is 0 Å². The summed E-state index contributed by atoms with van der Waals surface area (Å²) < 4.78 is 31.5. The summed E-state index contributed by atoms with van der Waals surface area (Å²) in [5.74, 6) is -1.36. The molecule has 6 nitrogen and oxygen atoms in total. The van der Waals surface area contributed by atoms with Crippen LogP contribution < -0.4 is 4.72 Å². The highest BCUT2D eigenvalue weighted by atomic mass is 35.5. The van der Waals surface area contributed by atoms with Crippen molar-refractivity contribution in [2.24, 2.45) is 0 Å². The Hall–Kier alpha value is -0.860. The molecule has 0 bridgehead atoms. The Morgan fingerprint density at radius 2 is 2.05 bits per heavy atom. The molecular weight excluding hydrogens is 329 g/mol. The molecule has 20 heavy (non-hydrogen) atoms. The molecule has 2 N–H and O–H groups in total. The molecule has 0 aliphatic heterocycles. The van der Waals surface area contributed by atoms with Gasteiger partial charge in [-0.2, -0.15) is 0 Å². The summed E-state index contributed by atoms with van der Waals surface area (Å²) in [5.41, 5.74) is -0.376. The zero-order valence-corrected chi connectivity index (χ0v) is 13.0. The number of carboxylic acids is 1. The fourth-order valence-corrected chi connectivity index (χ4v) is 3.66. The molecule has 1 aromatic carbocycles. The lowest BCUT2D eigenvalue weighted by atomic mass is 10.2. The van der Waals surface area contributed by atoms with Gasteiger partial charge in [-0.05, 0) is 19.1 Å². The number of rotatable bonds is 6. The largest absolute Gasteiger partial charge is 0.478 e. The van der Waals surface area contributed by atoms with Crippen molar-refractivity contribution in [3.05, 3.63) is 27.7 Å². The van der Waals surface area contributed by atoms with E-state index in [1.54, 1.807) is 6.92 Å². The maximum atomic E-state index is 12.2. The van der Waals surface area contributed by atoms with Crippen LogP contribution >= 0.6 is 23.2 Å². The van der Waals surface area contributed by atoms with Gasteiger partial charge in [-0.1, -0.05) is 23.2 Å². The Morgan fingerprint density at radius 1 is 1.45 bits per heavy atom. The predicted molar refractivity (Wildman–Crippen MR) is 75.1 cm³/mol. The van der Waals surface area contributed by atoms with E-state index in [9.17, 15) is 13.2 Å². The molecule has 0 amide bonds. The van der Waals surface area contributed by atoms with Gasteiger partial charge in [0.05, 0.1) is 17.2 Å². The van der Waals surface area contributed by atoms with Crippen molar-refractivity contribution in [3.63, 3.8) is 0 Å². The van der Waals surface area contributed by atoms with E-state index in [1.165, 1.54) is 7.11 Å². The van der Waals surface area contributed by atoms with Gasteiger partial charge >= 0.3 is 5.97 Å². The second-order valence-corrected chi connectivity index (χ2v) is 6.55. The van der Waals surface area contributed by atoms with E-state index in [4.69, 9.17) is 33.0 Å². The second kappa shape index (κ2) is 6.73. The van der Waals surface area contributed by atoms with Crippen LogP contribution in [0.1, 0.15) is 17.3 Å². The highest BCUT2D eigenvalue weighted by Crippen LogP contribution is 2.29. The summed E-state index contributed by atoms with van der Waals surface area (Å²) in [5, 5.41) is 8.54. The van der Waals surface area contributed by atoms with Gasteiger partial charge < -0.3 is 9.84 Å². The highest BCUT2D eigenvalue weighted by Gasteiger charge is 2.25. The summed E-state index contributed by atoms with van der Waals surface area (Å²) in [4.78, 5) is 10.6. The normalized spacial score (nSPS) is 13.2. The fourth-order valence-electron chi connectivity index (χ4n) is 1.53. The molecule has 1 rings (SSSR count). The van der Waals surface area contributed by atoms with Gasteiger partial charge in [0.25, 0.3) is 0 Å². The molecule has 0 spiro atoms. The van der Waals surface area contributed by atoms with Gasteiger partial charge in [0.15, 0.2) is 0 Å². The zero-order valence-electron chi connectivity index (χ0n) is 10.7. The van der Waals surface area contributed by atoms with Gasteiger partial charge in [-0.15, -0.1) is 0 Å². The van der Waals surface area contributed by atoms with Crippen LogP contribution in [-0.2, 0) is 14.8 Å². The first-order valence-electron chi connectivity index (χ1n) is 5.42. The van der Waals surface area contributed by atoms with Crippen LogP contribution in [0.4, 0.5) is 0 Å². The molecule has 1 atom stereocenters. The average Bonchev–Trinajstić information content (AvgIpc) is 2.30. The molecule has 0 aliphatic rings. The third-order valence-corrected chi connectivity index (χ3v) is 4.65. The van der Waals surface area contributed by atoms with Gasteiger partial charge in [0.2, 0.25) is 10.0 Å². The molecule has 0 heterocycles. The van der Waals surface area contributed by atoms with Crippen molar-refractivity contribution in [2.45, 2.75) is 17.9 Å². The van der Waals surface area contributed by atoms with Crippen molar-refractivity contribution < 1.29 is 23.1 Å². The SMILES string of the molecule is COCC(C)NS(=O)(=O)c1cc(Cl)cc(C(=O)O)c1Cl. The van der Waals surface area contributed by atoms with Crippen LogP contribution in [0.25, 0.3) is 0 Å². The van der Waals surface area contributed by atoms with Crippen LogP contribution in [0.5, 0.6) is 0 Å². The molecule has 0 fully saturated rings. The number of hydrogen-bond acceptors (Lipinski definition) is 4. The molecule has 0 saturated heterocycles. The Kier molecular flexibility index (Phi) is 5.79. The quantitative estimate of drug-likeness (QED) is 0.825. The number of nitrogens with one attached hydrogen (secondary N) is 1. The van der Waals surface area contributed by atoms with E-state index in [-0.39, 0.29) is 27.1 Å². The minimum absolute atomic E-state index is 0.0356. The zero-order chi connectivity index (χ0) is 15.5. The molecule has 1 unspecified atom stereocenters.